The molecule has 3 nitrogen and oxygen atoms in total. The van der Waals surface area contributed by atoms with Gasteiger partial charge < -0.3 is 5.11 Å². The van der Waals surface area contributed by atoms with E-state index in [-0.39, 0.29) is 0 Å². The second kappa shape index (κ2) is 4.70. The van der Waals surface area contributed by atoms with E-state index in [1.165, 1.54) is 11.1 Å². The van der Waals surface area contributed by atoms with Crippen molar-refractivity contribution in [3.63, 3.8) is 0 Å². The number of aliphatic hydroxyl groups is 1. The molecule has 2 unspecified atom stereocenters. The number of rotatable bonds is 2. The lowest BCUT2D eigenvalue weighted by Crippen LogP contribution is -2.42. The van der Waals surface area contributed by atoms with Crippen LogP contribution in [0, 0.1) is 11.8 Å². The molecule has 4 rings (SSSR count). The first-order valence-electron chi connectivity index (χ1n) is 7.92. The van der Waals surface area contributed by atoms with Crippen LogP contribution in [0.2, 0.25) is 0 Å². The van der Waals surface area contributed by atoms with Gasteiger partial charge in [0.15, 0.2) is 0 Å². The van der Waals surface area contributed by atoms with Crippen molar-refractivity contribution < 1.29 is 5.11 Å². The van der Waals surface area contributed by atoms with Crippen LogP contribution in [0.1, 0.15) is 29.5 Å². The Labute approximate surface area is 125 Å². The molecule has 2 bridgehead atoms. The quantitative estimate of drug-likeness (QED) is 0.919. The highest BCUT2D eigenvalue weighted by atomic mass is 16.3. The first-order chi connectivity index (χ1) is 10.1. The van der Waals surface area contributed by atoms with Crippen LogP contribution in [0.15, 0.2) is 36.7 Å². The maximum absolute atomic E-state index is 11.4. The molecule has 1 fully saturated rings. The maximum atomic E-state index is 11.4. The molecule has 21 heavy (non-hydrogen) atoms. The highest BCUT2D eigenvalue weighted by Crippen LogP contribution is 2.48. The van der Waals surface area contributed by atoms with Crippen molar-refractivity contribution in [3.05, 3.63) is 53.3 Å². The smallest absolute Gasteiger partial charge is 0.0751 e. The molecular formula is C18H22N2O. The van der Waals surface area contributed by atoms with Crippen molar-refractivity contribution in [1.82, 2.24) is 9.78 Å². The molecule has 2 aliphatic rings. The summed E-state index contributed by atoms with van der Waals surface area (Å²) in [6, 6.07) is 8.72. The van der Waals surface area contributed by atoms with Crippen molar-refractivity contribution >= 4 is 0 Å². The van der Waals surface area contributed by atoms with Crippen LogP contribution in [-0.4, -0.2) is 20.5 Å². The zero-order valence-corrected chi connectivity index (χ0v) is 12.5. The fourth-order valence-corrected chi connectivity index (χ4v) is 4.46. The normalized spacial score (nSPS) is 31.0. The lowest BCUT2D eigenvalue weighted by atomic mass is 9.78. The van der Waals surface area contributed by atoms with E-state index in [2.05, 4.69) is 29.4 Å². The van der Waals surface area contributed by atoms with Crippen molar-refractivity contribution in [2.75, 3.05) is 0 Å². The average molecular weight is 282 g/mol. The number of aromatic nitrogens is 2. The first kappa shape index (κ1) is 13.1. The second-order valence-corrected chi connectivity index (χ2v) is 6.84. The molecule has 110 valence electrons. The average Bonchev–Trinajstić information content (AvgIpc) is 2.93. The van der Waals surface area contributed by atoms with E-state index in [0.717, 1.165) is 37.7 Å². The van der Waals surface area contributed by atoms with Crippen molar-refractivity contribution in [2.45, 2.75) is 37.7 Å². The molecule has 1 heterocycles. The summed E-state index contributed by atoms with van der Waals surface area (Å²) < 4.78 is 1.83. The molecule has 0 aliphatic heterocycles. The molecule has 2 aromatic rings. The van der Waals surface area contributed by atoms with Crippen LogP contribution < -0.4 is 0 Å². The van der Waals surface area contributed by atoms with Gasteiger partial charge in [0, 0.05) is 19.7 Å². The minimum atomic E-state index is -0.567. The van der Waals surface area contributed by atoms with E-state index >= 15 is 0 Å². The number of hydrogen-bond acceptors (Lipinski definition) is 2. The Morgan fingerprint density at radius 3 is 2.33 bits per heavy atom. The highest BCUT2D eigenvalue weighted by Gasteiger charge is 2.50. The summed E-state index contributed by atoms with van der Waals surface area (Å²) >= 11 is 0. The maximum Gasteiger partial charge on any atom is 0.0751 e. The molecule has 0 saturated heterocycles. The highest BCUT2D eigenvalue weighted by molar-refractivity contribution is 5.32. The van der Waals surface area contributed by atoms with Gasteiger partial charge in [-0.1, -0.05) is 24.3 Å². The van der Waals surface area contributed by atoms with Crippen LogP contribution >= 0.6 is 0 Å². The number of benzene rings is 1. The van der Waals surface area contributed by atoms with Gasteiger partial charge in [0.05, 0.1) is 11.8 Å². The summed E-state index contributed by atoms with van der Waals surface area (Å²) in [5.74, 6) is 0.762. The molecule has 1 aromatic carbocycles. The Kier molecular flexibility index (Phi) is 2.93. The number of nitrogens with zero attached hydrogens (tertiary/aromatic N) is 2. The largest absolute Gasteiger partial charge is 0.389 e. The fraction of sp³-hybridized carbons (Fsp3) is 0.500. The molecule has 1 aromatic heterocycles. The molecule has 1 saturated carbocycles. The lowest BCUT2D eigenvalue weighted by molar-refractivity contribution is -0.0330. The molecule has 0 amide bonds. The van der Waals surface area contributed by atoms with Gasteiger partial charge in [-0.15, -0.1) is 0 Å². The Morgan fingerprint density at radius 1 is 1.19 bits per heavy atom. The molecule has 0 radical (unpaired) electrons. The van der Waals surface area contributed by atoms with Crippen molar-refractivity contribution in [1.29, 1.82) is 0 Å². The minimum Gasteiger partial charge on any atom is -0.389 e. The van der Waals surface area contributed by atoms with E-state index in [1.807, 2.05) is 24.1 Å². The van der Waals surface area contributed by atoms with E-state index in [9.17, 15) is 5.11 Å². The van der Waals surface area contributed by atoms with Crippen LogP contribution in [0.25, 0.3) is 0 Å². The second-order valence-electron chi connectivity index (χ2n) is 6.84. The lowest BCUT2D eigenvalue weighted by Gasteiger charge is -2.33. The standard InChI is InChI=1S/C18H22N2O/c1-20-12-13(11-19-20)10-18(21)16-6-7-17(18)9-15-5-3-2-4-14(15)8-16/h2-5,11-12,16-17,21H,6-10H2,1H3. The predicted molar refractivity (Wildman–Crippen MR) is 81.9 cm³/mol. The van der Waals surface area contributed by atoms with Crippen LogP contribution in [0.4, 0.5) is 0 Å². The van der Waals surface area contributed by atoms with Gasteiger partial charge in [-0.3, -0.25) is 4.68 Å². The SMILES string of the molecule is Cn1cc(CC2(O)C3CCC2Cc2ccccc2C3)cn1. The minimum absolute atomic E-state index is 0.381. The Bertz CT molecular complexity index is 628. The molecule has 2 aliphatic carbocycles. The van der Waals surface area contributed by atoms with E-state index in [1.54, 1.807) is 0 Å². The summed E-state index contributed by atoms with van der Waals surface area (Å²) in [6.07, 6.45) is 9.01. The molecule has 2 atom stereocenters. The molecule has 0 spiro atoms. The molecule has 1 N–H and O–H groups in total. The zero-order valence-electron chi connectivity index (χ0n) is 12.5. The fourth-order valence-electron chi connectivity index (χ4n) is 4.46. The topological polar surface area (TPSA) is 38.0 Å². The third-order valence-electron chi connectivity index (χ3n) is 5.57. The summed E-state index contributed by atoms with van der Waals surface area (Å²) in [6.45, 7) is 0. The molecular weight excluding hydrogens is 260 g/mol. The predicted octanol–water partition coefficient (Wildman–Crippen LogP) is 2.52. The van der Waals surface area contributed by atoms with Gasteiger partial charge in [-0.2, -0.15) is 5.10 Å². The Hall–Kier alpha value is -1.61. The number of hydrogen-bond donors (Lipinski definition) is 1. The van der Waals surface area contributed by atoms with Crippen molar-refractivity contribution in [3.8, 4) is 0 Å². The van der Waals surface area contributed by atoms with Crippen LogP contribution in [-0.2, 0) is 26.3 Å². The zero-order chi connectivity index (χ0) is 14.4. The number of aryl methyl sites for hydroxylation is 1. The summed E-state index contributed by atoms with van der Waals surface area (Å²) in [5.41, 5.74) is 3.47. The third-order valence-corrected chi connectivity index (χ3v) is 5.57. The van der Waals surface area contributed by atoms with Crippen LogP contribution in [0.3, 0.4) is 0 Å². The monoisotopic (exact) mass is 282 g/mol. The van der Waals surface area contributed by atoms with E-state index < -0.39 is 5.60 Å². The van der Waals surface area contributed by atoms with Gasteiger partial charge in [-0.05, 0) is 54.2 Å². The van der Waals surface area contributed by atoms with Gasteiger partial charge >= 0.3 is 0 Å². The van der Waals surface area contributed by atoms with Crippen molar-refractivity contribution in [2.24, 2.45) is 18.9 Å². The van der Waals surface area contributed by atoms with E-state index in [4.69, 9.17) is 0 Å². The van der Waals surface area contributed by atoms with Crippen LogP contribution in [0.5, 0.6) is 0 Å². The third kappa shape index (κ3) is 2.11. The first-order valence-corrected chi connectivity index (χ1v) is 7.92. The summed E-state index contributed by atoms with van der Waals surface area (Å²) in [7, 11) is 1.94. The Balaban J connectivity index is 1.68. The Morgan fingerprint density at radius 2 is 1.81 bits per heavy atom. The summed E-state index contributed by atoms with van der Waals surface area (Å²) in [4.78, 5) is 0. The number of fused-ring (bicyclic) bond motifs is 3. The van der Waals surface area contributed by atoms with Gasteiger partial charge in [0.1, 0.15) is 0 Å². The van der Waals surface area contributed by atoms with E-state index in [0.29, 0.717) is 11.8 Å². The van der Waals surface area contributed by atoms with Gasteiger partial charge in [0.25, 0.3) is 0 Å². The summed E-state index contributed by atoms with van der Waals surface area (Å²) in [5, 5.41) is 15.7. The molecule has 3 heteroatoms. The van der Waals surface area contributed by atoms with Gasteiger partial charge in [0.2, 0.25) is 0 Å². The van der Waals surface area contributed by atoms with Gasteiger partial charge in [-0.25, -0.2) is 0 Å².